The van der Waals surface area contributed by atoms with E-state index in [9.17, 15) is 4.39 Å². The van der Waals surface area contributed by atoms with Crippen molar-refractivity contribution in [1.29, 1.82) is 0 Å². The molecule has 1 aliphatic carbocycles. The molecule has 1 saturated carbocycles. The first-order chi connectivity index (χ1) is 9.80. The maximum Gasteiger partial charge on any atom is 0.127 e. The van der Waals surface area contributed by atoms with Crippen LogP contribution in [0.25, 0.3) is 0 Å². The van der Waals surface area contributed by atoms with E-state index in [-0.39, 0.29) is 17.5 Å². The molecule has 0 heterocycles. The molecular formula is C17H25ClFNO. The second-order valence-electron chi connectivity index (χ2n) is 6.94. The Hall–Kier alpha value is -0.640. The van der Waals surface area contributed by atoms with E-state index in [4.69, 9.17) is 22.1 Å². The van der Waals surface area contributed by atoms with Gasteiger partial charge in [-0.25, -0.2) is 4.39 Å². The van der Waals surface area contributed by atoms with Crippen LogP contribution in [0.15, 0.2) is 18.2 Å². The summed E-state index contributed by atoms with van der Waals surface area (Å²) >= 11 is 6.11. The van der Waals surface area contributed by atoms with Crippen LogP contribution < -0.4 is 5.73 Å². The van der Waals surface area contributed by atoms with Crippen LogP contribution in [0, 0.1) is 11.2 Å². The van der Waals surface area contributed by atoms with Crippen molar-refractivity contribution in [1.82, 2.24) is 0 Å². The predicted molar refractivity (Wildman–Crippen MR) is 85.1 cm³/mol. The zero-order valence-corrected chi connectivity index (χ0v) is 13.8. The molecule has 0 amide bonds. The number of hydrogen-bond donors (Lipinski definition) is 1. The van der Waals surface area contributed by atoms with Gasteiger partial charge in [-0.1, -0.05) is 31.5 Å². The van der Waals surface area contributed by atoms with Gasteiger partial charge in [-0.3, -0.25) is 0 Å². The first kappa shape index (κ1) is 16.7. The lowest BCUT2D eigenvalue weighted by Crippen LogP contribution is -2.53. The summed E-state index contributed by atoms with van der Waals surface area (Å²) in [5.41, 5.74) is 6.85. The van der Waals surface area contributed by atoms with Crippen molar-refractivity contribution in [3.63, 3.8) is 0 Å². The van der Waals surface area contributed by atoms with Gasteiger partial charge in [-0.15, -0.1) is 0 Å². The fraction of sp³-hybridized carbons (Fsp3) is 0.647. The summed E-state index contributed by atoms with van der Waals surface area (Å²) in [7, 11) is 1.71. The van der Waals surface area contributed by atoms with Crippen molar-refractivity contribution in [2.24, 2.45) is 11.1 Å². The Kier molecular flexibility index (Phi) is 4.96. The number of halogens is 2. The van der Waals surface area contributed by atoms with Crippen LogP contribution in [0.5, 0.6) is 0 Å². The minimum Gasteiger partial charge on any atom is -0.377 e. The number of hydrogen-bond acceptors (Lipinski definition) is 2. The third kappa shape index (κ3) is 3.58. The summed E-state index contributed by atoms with van der Waals surface area (Å²) in [5.74, 6) is -0.291. The largest absolute Gasteiger partial charge is 0.377 e. The van der Waals surface area contributed by atoms with E-state index in [0.717, 1.165) is 25.7 Å². The third-order valence-corrected chi connectivity index (χ3v) is 5.37. The van der Waals surface area contributed by atoms with Gasteiger partial charge in [0, 0.05) is 23.7 Å². The molecule has 0 aromatic heterocycles. The van der Waals surface area contributed by atoms with Gasteiger partial charge in [0.15, 0.2) is 0 Å². The SMILES string of the molecule is COC1(C(N)Cc2c(F)cccc2Cl)CCC(C)(C)CC1. The Morgan fingerprint density at radius 3 is 2.43 bits per heavy atom. The Morgan fingerprint density at radius 1 is 1.29 bits per heavy atom. The van der Waals surface area contributed by atoms with Crippen molar-refractivity contribution in [2.75, 3.05) is 7.11 Å². The number of rotatable bonds is 4. The minimum atomic E-state index is -0.374. The monoisotopic (exact) mass is 313 g/mol. The molecule has 2 nitrogen and oxygen atoms in total. The van der Waals surface area contributed by atoms with E-state index in [0.29, 0.717) is 22.4 Å². The number of nitrogens with two attached hydrogens (primary N) is 1. The van der Waals surface area contributed by atoms with E-state index in [1.54, 1.807) is 19.2 Å². The van der Waals surface area contributed by atoms with Crippen LogP contribution in [-0.2, 0) is 11.2 Å². The van der Waals surface area contributed by atoms with Crippen LogP contribution in [0.4, 0.5) is 4.39 Å². The van der Waals surface area contributed by atoms with E-state index >= 15 is 0 Å². The Balaban J connectivity index is 2.16. The van der Waals surface area contributed by atoms with Crippen molar-refractivity contribution in [2.45, 2.75) is 57.6 Å². The van der Waals surface area contributed by atoms with Crippen molar-refractivity contribution < 1.29 is 9.13 Å². The molecule has 1 aliphatic rings. The van der Waals surface area contributed by atoms with Gasteiger partial charge >= 0.3 is 0 Å². The highest BCUT2D eigenvalue weighted by Gasteiger charge is 2.43. The summed E-state index contributed by atoms with van der Waals surface area (Å²) in [5, 5.41) is 0.438. The first-order valence-corrected chi connectivity index (χ1v) is 7.91. The topological polar surface area (TPSA) is 35.2 Å². The molecule has 1 fully saturated rings. The minimum absolute atomic E-state index is 0.256. The fourth-order valence-corrected chi connectivity index (χ4v) is 3.45. The summed E-state index contributed by atoms with van der Waals surface area (Å²) in [4.78, 5) is 0. The van der Waals surface area contributed by atoms with Crippen molar-refractivity contribution in [3.8, 4) is 0 Å². The summed E-state index contributed by atoms with van der Waals surface area (Å²) in [6, 6.07) is 4.49. The lowest BCUT2D eigenvalue weighted by Gasteiger charge is -2.46. The van der Waals surface area contributed by atoms with Gasteiger partial charge in [-0.2, -0.15) is 0 Å². The van der Waals surface area contributed by atoms with Gasteiger partial charge < -0.3 is 10.5 Å². The van der Waals surface area contributed by atoms with Crippen molar-refractivity contribution in [3.05, 3.63) is 34.6 Å². The van der Waals surface area contributed by atoms with E-state index in [1.807, 2.05) is 0 Å². The Morgan fingerprint density at radius 2 is 1.90 bits per heavy atom. The molecule has 1 aromatic rings. The van der Waals surface area contributed by atoms with E-state index < -0.39 is 0 Å². The van der Waals surface area contributed by atoms with E-state index in [1.165, 1.54) is 6.07 Å². The number of methoxy groups -OCH3 is 1. The van der Waals surface area contributed by atoms with Crippen LogP contribution >= 0.6 is 11.6 Å². The second kappa shape index (κ2) is 6.23. The van der Waals surface area contributed by atoms with Gasteiger partial charge in [0.1, 0.15) is 5.82 Å². The zero-order chi connectivity index (χ0) is 15.7. The summed E-state index contributed by atoms with van der Waals surface area (Å²) < 4.78 is 19.7. The molecule has 0 saturated heterocycles. The lowest BCUT2D eigenvalue weighted by atomic mass is 9.68. The van der Waals surface area contributed by atoms with Gasteiger partial charge in [0.25, 0.3) is 0 Å². The molecule has 2 N–H and O–H groups in total. The number of ether oxygens (including phenoxy) is 1. The molecule has 118 valence electrons. The molecule has 1 aromatic carbocycles. The molecule has 0 bridgehead atoms. The molecule has 4 heteroatoms. The Labute approximate surface area is 131 Å². The van der Waals surface area contributed by atoms with Gasteiger partial charge in [0.2, 0.25) is 0 Å². The highest BCUT2D eigenvalue weighted by molar-refractivity contribution is 6.31. The summed E-state index contributed by atoms with van der Waals surface area (Å²) in [6.07, 6.45) is 4.35. The fourth-order valence-electron chi connectivity index (χ4n) is 3.21. The molecule has 21 heavy (non-hydrogen) atoms. The molecule has 1 atom stereocenters. The third-order valence-electron chi connectivity index (χ3n) is 5.02. The lowest BCUT2D eigenvalue weighted by molar-refractivity contribution is -0.0782. The van der Waals surface area contributed by atoms with Gasteiger partial charge in [-0.05, 0) is 49.7 Å². The van der Waals surface area contributed by atoms with Crippen molar-refractivity contribution >= 4 is 11.6 Å². The van der Waals surface area contributed by atoms with Crippen LogP contribution in [-0.4, -0.2) is 18.8 Å². The smallest absolute Gasteiger partial charge is 0.127 e. The maximum atomic E-state index is 13.9. The quantitative estimate of drug-likeness (QED) is 0.897. The average molecular weight is 314 g/mol. The molecule has 0 radical (unpaired) electrons. The zero-order valence-electron chi connectivity index (χ0n) is 13.1. The molecule has 0 aliphatic heterocycles. The van der Waals surface area contributed by atoms with Gasteiger partial charge in [0.05, 0.1) is 5.60 Å². The second-order valence-corrected chi connectivity index (χ2v) is 7.35. The normalized spacial score (nSPS) is 22.0. The number of benzene rings is 1. The summed E-state index contributed by atoms with van der Waals surface area (Å²) in [6.45, 7) is 4.54. The molecule has 0 spiro atoms. The highest BCUT2D eigenvalue weighted by atomic mass is 35.5. The van der Waals surface area contributed by atoms with Crippen LogP contribution in [0.1, 0.15) is 45.1 Å². The first-order valence-electron chi connectivity index (χ1n) is 7.53. The average Bonchev–Trinajstić information content (AvgIpc) is 2.43. The van der Waals surface area contributed by atoms with Crippen LogP contribution in [0.2, 0.25) is 5.02 Å². The van der Waals surface area contributed by atoms with E-state index in [2.05, 4.69) is 13.8 Å². The maximum absolute atomic E-state index is 13.9. The predicted octanol–water partition coefficient (Wildman–Crippen LogP) is 4.33. The molecule has 1 unspecified atom stereocenters. The Bertz CT molecular complexity index is 473. The molecular weight excluding hydrogens is 289 g/mol. The van der Waals surface area contributed by atoms with Crippen LogP contribution in [0.3, 0.4) is 0 Å². The molecule has 2 rings (SSSR count). The standard InChI is InChI=1S/C17H25ClFNO/c1-16(2)7-9-17(21-3,10-8-16)15(20)11-12-13(18)5-4-6-14(12)19/h4-6,15H,7-11,20H2,1-3H3. The highest BCUT2D eigenvalue weighted by Crippen LogP contribution is 2.43.